The molecule has 128 valence electrons. The van der Waals surface area contributed by atoms with E-state index in [1.807, 2.05) is 23.5 Å². The maximum atomic E-state index is 8.70. The Kier molecular flexibility index (Phi) is 11.4. The molecule has 0 N–H and O–H groups in total. The van der Waals surface area contributed by atoms with E-state index in [2.05, 4.69) is 13.0 Å². The Morgan fingerprint density at radius 1 is 1.04 bits per heavy atom. The summed E-state index contributed by atoms with van der Waals surface area (Å²) in [5.41, 5.74) is 0. The van der Waals surface area contributed by atoms with E-state index in [1.54, 1.807) is 12.1 Å². The molecule has 0 radical (unpaired) electrons. The van der Waals surface area contributed by atoms with Crippen LogP contribution in [0.25, 0.3) is 0 Å². The summed E-state index contributed by atoms with van der Waals surface area (Å²) in [6.45, 7) is 3.73. The van der Waals surface area contributed by atoms with Crippen molar-refractivity contribution in [2.45, 2.75) is 65.2 Å². The molecule has 2 nitrogen and oxygen atoms in total. The highest BCUT2D eigenvalue weighted by Crippen LogP contribution is 2.44. The first-order valence-corrected chi connectivity index (χ1v) is 10.9. The molecule has 0 aromatic heterocycles. The van der Waals surface area contributed by atoms with E-state index in [1.165, 1.54) is 74.0 Å². The van der Waals surface area contributed by atoms with Crippen molar-refractivity contribution in [2.24, 2.45) is 17.8 Å². The van der Waals surface area contributed by atoms with Crippen LogP contribution in [0, 0.1) is 40.4 Å². The molecule has 0 unspecified atom stereocenters. The molecule has 0 aromatic rings. The molecule has 23 heavy (non-hydrogen) atoms. The molecule has 0 atom stereocenters. The smallest absolute Gasteiger partial charge is 0.0929 e. The van der Waals surface area contributed by atoms with Gasteiger partial charge < -0.3 is 0 Å². The molecule has 0 aromatic carbocycles. The number of allylic oxidation sites excluding steroid dienone is 1. The fraction of sp³-hybridized carbons (Fsp3) is 0.789. The first-order valence-electron chi connectivity index (χ1n) is 8.91. The molecule has 2 fully saturated rings. The van der Waals surface area contributed by atoms with Gasteiger partial charge in [-0.15, -0.1) is 23.5 Å². The van der Waals surface area contributed by atoms with Gasteiger partial charge in [0.25, 0.3) is 0 Å². The Hall–Kier alpha value is -0.580. The normalized spacial score (nSPS) is 27.1. The van der Waals surface area contributed by atoms with Gasteiger partial charge in [-0.1, -0.05) is 45.4 Å². The zero-order valence-corrected chi connectivity index (χ0v) is 16.2. The van der Waals surface area contributed by atoms with Crippen LogP contribution < -0.4 is 0 Å². The van der Waals surface area contributed by atoms with Crippen LogP contribution in [0.15, 0.2) is 10.3 Å². The minimum atomic E-state index is 0.887. The van der Waals surface area contributed by atoms with Gasteiger partial charge in [0, 0.05) is 24.5 Å². The van der Waals surface area contributed by atoms with Crippen molar-refractivity contribution in [3.05, 3.63) is 10.3 Å². The van der Waals surface area contributed by atoms with Crippen molar-refractivity contribution in [2.75, 3.05) is 11.5 Å². The van der Waals surface area contributed by atoms with Gasteiger partial charge in [-0.3, -0.25) is 0 Å². The molecular formula is C19H30N2S2. The molecular weight excluding hydrogens is 320 g/mol. The first-order chi connectivity index (χ1) is 11.2. The molecule has 1 aliphatic carbocycles. The first kappa shape index (κ1) is 20.5. The van der Waals surface area contributed by atoms with Crippen LogP contribution in [-0.2, 0) is 0 Å². The molecule has 1 heterocycles. The third-order valence-electron chi connectivity index (χ3n) is 4.84. The van der Waals surface area contributed by atoms with Crippen LogP contribution in [-0.4, -0.2) is 11.5 Å². The zero-order valence-electron chi connectivity index (χ0n) is 14.6. The molecule has 1 aliphatic heterocycles. The molecule has 0 spiro atoms. The second-order valence-electron chi connectivity index (χ2n) is 6.47. The van der Waals surface area contributed by atoms with Crippen molar-refractivity contribution in [1.82, 2.24) is 0 Å². The van der Waals surface area contributed by atoms with Crippen LogP contribution in [0.4, 0.5) is 0 Å². The summed E-state index contributed by atoms with van der Waals surface area (Å²) >= 11 is 3.82. The van der Waals surface area contributed by atoms with Gasteiger partial charge in [0.1, 0.15) is 0 Å². The third-order valence-corrected chi connectivity index (χ3v) is 7.54. The van der Waals surface area contributed by atoms with Crippen LogP contribution >= 0.6 is 23.5 Å². The van der Waals surface area contributed by atoms with Gasteiger partial charge >= 0.3 is 0 Å². The highest BCUT2D eigenvalue weighted by molar-refractivity contribution is 8.22. The molecule has 2 rings (SSSR count). The Morgan fingerprint density at radius 2 is 1.65 bits per heavy atom. The second kappa shape index (κ2) is 12.8. The molecule has 0 amide bonds. The molecule has 1 saturated carbocycles. The maximum absolute atomic E-state index is 8.70. The lowest BCUT2D eigenvalue weighted by atomic mass is 9.75. The van der Waals surface area contributed by atoms with Crippen LogP contribution in [0.2, 0.25) is 0 Å². The zero-order chi connectivity index (χ0) is 16.9. The molecule has 2 aliphatic rings. The van der Waals surface area contributed by atoms with E-state index in [0.717, 1.165) is 17.8 Å². The summed E-state index contributed by atoms with van der Waals surface area (Å²) in [5, 5.41) is 16.0. The minimum absolute atomic E-state index is 0.887. The predicted octanol–water partition coefficient (Wildman–Crippen LogP) is 6.36. The largest absolute Gasteiger partial charge is 0.199 e. The lowest BCUT2D eigenvalue weighted by molar-refractivity contribution is 0.218. The second-order valence-corrected chi connectivity index (χ2v) is 8.86. The van der Waals surface area contributed by atoms with Crippen LogP contribution in [0.3, 0.4) is 0 Å². The number of rotatable bonds is 5. The fourth-order valence-corrected chi connectivity index (χ4v) is 6.21. The number of hydrogen-bond acceptors (Lipinski definition) is 4. The Labute approximate surface area is 151 Å². The van der Waals surface area contributed by atoms with Crippen LogP contribution in [0.5, 0.6) is 0 Å². The fourth-order valence-electron chi connectivity index (χ4n) is 3.51. The van der Waals surface area contributed by atoms with Gasteiger partial charge in [-0.2, -0.15) is 10.5 Å². The quantitative estimate of drug-likeness (QED) is 0.427. The highest BCUT2D eigenvalue weighted by Gasteiger charge is 2.29. The summed E-state index contributed by atoms with van der Waals surface area (Å²) in [6.07, 6.45) is 13.3. The summed E-state index contributed by atoms with van der Waals surface area (Å²) in [6, 6.07) is 3.91. The lowest BCUT2D eigenvalue weighted by Crippen LogP contribution is -2.26. The maximum Gasteiger partial charge on any atom is 0.0929 e. The highest BCUT2D eigenvalue weighted by atomic mass is 32.2. The summed E-state index contributed by atoms with van der Waals surface area (Å²) in [5.74, 6) is 5.35. The Morgan fingerprint density at radius 3 is 2.17 bits per heavy atom. The number of thioether (sulfide) groups is 2. The molecule has 1 saturated heterocycles. The number of nitriles is 2. The summed E-state index contributed by atoms with van der Waals surface area (Å²) in [4.78, 5) is 0. The SMILES string of the molecule is CC#N.CCCCCC1CCC(C2CSC(=CC#N)SC2)CC1. The monoisotopic (exact) mass is 350 g/mol. The topological polar surface area (TPSA) is 47.6 Å². The number of unbranched alkanes of at least 4 members (excludes halogenated alkanes) is 2. The van der Waals surface area contributed by atoms with E-state index in [0.29, 0.717) is 0 Å². The van der Waals surface area contributed by atoms with Crippen molar-refractivity contribution < 1.29 is 0 Å². The van der Waals surface area contributed by atoms with E-state index in [4.69, 9.17) is 10.5 Å². The number of hydrogen-bond donors (Lipinski definition) is 0. The average molecular weight is 351 g/mol. The Bertz CT molecular complexity index is 416. The van der Waals surface area contributed by atoms with Gasteiger partial charge in [0.2, 0.25) is 0 Å². The third kappa shape index (κ3) is 8.18. The van der Waals surface area contributed by atoms with E-state index in [-0.39, 0.29) is 0 Å². The van der Waals surface area contributed by atoms with Crippen molar-refractivity contribution in [1.29, 1.82) is 10.5 Å². The number of nitrogens with zero attached hydrogens (tertiary/aromatic N) is 2. The van der Waals surface area contributed by atoms with Gasteiger partial charge in [-0.25, -0.2) is 0 Å². The summed E-state index contributed by atoms with van der Waals surface area (Å²) in [7, 11) is 0. The van der Waals surface area contributed by atoms with Crippen molar-refractivity contribution in [3.63, 3.8) is 0 Å². The van der Waals surface area contributed by atoms with Gasteiger partial charge in [-0.05, 0) is 30.6 Å². The molecule has 4 heteroatoms. The Balaban J connectivity index is 0.000000816. The lowest BCUT2D eigenvalue weighted by Gasteiger charge is -2.35. The predicted molar refractivity (Wildman–Crippen MR) is 103 cm³/mol. The molecule has 0 bridgehead atoms. The van der Waals surface area contributed by atoms with Crippen molar-refractivity contribution in [3.8, 4) is 12.1 Å². The van der Waals surface area contributed by atoms with Crippen molar-refractivity contribution >= 4 is 23.5 Å². The van der Waals surface area contributed by atoms with E-state index < -0.39 is 0 Å². The van der Waals surface area contributed by atoms with E-state index >= 15 is 0 Å². The van der Waals surface area contributed by atoms with Gasteiger partial charge in [0.15, 0.2) is 0 Å². The standard InChI is InChI=1S/C17H27NS2.C2H3N/c1-2-3-4-5-14-6-8-15(9-7-14)16-12-19-17(10-11-18)20-13-16;1-2-3/h10,14-16H,2-9,12-13H2,1H3;1H3. The van der Waals surface area contributed by atoms with Gasteiger partial charge in [0.05, 0.1) is 16.4 Å². The van der Waals surface area contributed by atoms with E-state index in [9.17, 15) is 0 Å². The summed E-state index contributed by atoms with van der Waals surface area (Å²) < 4.78 is 1.23. The average Bonchev–Trinajstić information content (AvgIpc) is 2.58. The minimum Gasteiger partial charge on any atom is -0.199 e. The van der Waals surface area contributed by atoms with Crippen LogP contribution in [0.1, 0.15) is 65.2 Å².